The molecule has 1 aliphatic rings. The van der Waals surface area contributed by atoms with Gasteiger partial charge in [0.1, 0.15) is 23.8 Å². The summed E-state index contributed by atoms with van der Waals surface area (Å²) in [7, 11) is -4.31. The molecule has 2 aromatic heterocycles. The SMILES string of the molecule is CC(C)(C)[Si](C)(C)OC[C@H]1O[C@@H](n2cnc3c(Cl)nc(N)nc32)[C@H](O[Si](C)(C)C(C)(C)C)[C@@H]1O. The molecule has 1 fully saturated rings. The van der Waals surface area contributed by atoms with Crippen LogP contribution in [0.1, 0.15) is 47.8 Å². The number of aliphatic hydroxyl groups excluding tert-OH is 1. The maximum Gasteiger partial charge on any atom is 0.223 e. The average Bonchev–Trinajstić information content (AvgIpc) is 3.20. The summed E-state index contributed by atoms with van der Waals surface area (Å²) < 4.78 is 21.3. The van der Waals surface area contributed by atoms with E-state index in [9.17, 15) is 5.11 Å². The molecular formula is C22H40ClN5O4Si2. The first-order valence-corrected chi connectivity index (χ1v) is 17.9. The van der Waals surface area contributed by atoms with Crippen LogP contribution in [-0.4, -0.2) is 66.2 Å². The average molecular weight is 530 g/mol. The molecule has 34 heavy (non-hydrogen) atoms. The van der Waals surface area contributed by atoms with Crippen molar-refractivity contribution in [1.29, 1.82) is 0 Å². The number of nitrogen functional groups attached to an aromatic ring is 1. The fraction of sp³-hybridized carbons (Fsp3) is 0.773. The summed E-state index contributed by atoms with van der Waals surface area (Å²) in [6.45, 7) is 22.0. The van der Waals surface area contributed by atoms with Gasteiger partial charge >= 0.3 is 0 Å². The van der Waals surface area contributed by atoms with E-state index in [4.69, 9.17) is 30.9 Å². The lowest BCUT2D eigenvalue weighted by atomic mass is 10.1. The van der Waals surface area contributed by atoms with Crippen LogP contribution in [0.25, 0.3) is 11.2 Å². The summed E-state index contributed by atoms with van der Waals surface area (Å²) in [4.78, 5) is 12.7. The van der Waals surface area contributed by atoms with Gasteiger partial charge in [-0.15, -0.1) is 0 Å². The van der Waals surface area contributed by atoms with Gasteiger partial charge in [0.2, 0.25) is 5.95 Å². The zero-order valence-electron chi connectivity index (χ0n) is 22.0. The van der Waals surface area contributed by atoms with Gasteiger partial charge in [-0.2, -0.15) is 9.97 Å². The van der Waals surface area contributed by atoms with Gasteiger partial charge in [0.05, 0.1) is 12.9 Å². The summed E-state index contributed by atoms with van der Waals surface area (Å²) in [5.74, 6) is 0.0393. The second-order valence-electron chi connectivity index (χ2n) is 12.2. The Morgan fingerprint density at radius 3 is 2.24 bits per heavy atom. The van der Waals surface area contributed by atoms with Crippen molar-refractivity contribution in [2.45, 2.75) is 102 Å². The van der Waals surface area contributed by atoms with Crippen LogP contribution in [-0.2, 0) is 13.6 Å². The molecule has 3 rings (SSSR count). The molecule has 1 saturated heterocycles. The molecule has 12 heteroatoms. The number of nitrogens with two attached hydrogens (primary N) is 1. The Balaban J connectivity index is 1.98. The molecule has 1 aliphatic heterocycles. The van der Waals surface area contributed by atoms with E-state index < -0.39 is 41.2 Å². The minimum absolute atomic E-state index is 0.0393. The van der Waals surface area contributed by atoms with E-state index in [0.29, 0.717) is 11.2 Å². The van der Waals surface area contributed by atoms with Crippen LogP contribution in [0.3, 0.4) is 0 Å². The van der Waals surface area contributed by atoms with Crippen molar-refractivity contribution in [2.75, 3.05) is 12.3 Å². The van der Waals surface area contributed by atoms with Crippen LogP contribution in [0.15, 0.2) is 6.33 Å². The van der Waals surface area contributed by atoms with Gasteiger partial charge in [-0.1, -0.05) is 53.1 Å². The van der Waals surface area contributed by atoms with Gasteiger partial charge in [-0.05, 0) is 36.3 Å². The summed E-state index contributed by atoms with van der Waals surface area (Å²) in [6, 6.07) is 0. The van der Waals surface area contributed by atoms with E-state index in [1.54, 1.807) is 10.9 Å². The highest BCUT2D eigenvalue weighted by molar-refractivity contribution is 6.74. The molecule has 0 radical (unpaired) electrons. The third-order valence-corrected chi connectivity index (χ3v) is 16.9. The molecule has 0 bridgehead atoms. The predicted octanol–water partition coefficient (Wildman–Crippen LogP) is 4.73. The lowest BCUT2D eigenvalue weighted by molar-refractivity contribution is -0.0475. The second kappa shape index (κ2) is 9.09. The van der Waals surface area contributed by atoms with Gasteiger partial charge in [-0.25, -0.2) is 4.98 Å². The van der Waals surface area contributed by atoms with E-state index >= 15 is 0 Å². The number of rotatable bonds is 6. The molecule has 0 aliphatic carbocycles. The minimum Gasteiger partial charge on any atom is -0.414 e. The Morgan fingerprint density at radius 1 is 1.09 bits per heavy atom. The van der Waals surface area contributed by atoms with Gasteiger partial charge in [0.15, 0.2) is 33.7 Å². The molecule has 3 N–H and O–H groups in total. The highest BCUT2D eigenvalue weighted by atomic mass is 35.5. The molecule has 0 amide bonds. The number of anilines is 1. The number of ether oxygens (including phenoxy) is 1. The second-order valence-corrected chi connectivity index (χ2v) is 22.1. The lowest BCUT2D eigenvalue weighted by Gasteiger charge is -2.40. The van der Waals surface area contributed by atoms with E-state index in [-0.39, 0.29) is 27.8 Å². The van der Waals surface area contributed by atoms with Crippen molar-refractivity contribution in [3.05, 3.63) is 11.5 Å². The van der Waals surface area contributed by atoms with Crippen LogP contribution in [0.5, 0.6) is 0 Å². The number of imidazole rings is 1. The monoisotopic (exact) mass is 529 g/mol. The van der Waals surface area contributed by atoms with Crippen LogP contribution in [0.2, 0.25) is 41.4 Å². The maximum atomic E-state index is 11.4. The number of hydrogen-bond donors (Lipinski definition) is 2. The van der Waals surface area contributed by atoms with Crippen LogP contribution < -0.4 is 5.73 Å². The van der Waals surface area contributed by atoms with Crippen LogP contribution in [0.4, 0.5) is 5.95 Å². The molecular weight excluding hydrogens is 490 g/mol. The first kappa shape index (κ1) is 27.5. The van der Waals surface area contributed by atoms with Crippen LogP contribution >= 0.6 is 11.6 Å². The summed E-state index contributed by atoms with van der Waals surface area (Å²) >= 11 is 6.25. The normalized spacial score (nSPS) is 24.8. The zero-order valence-corrected chi connectivity index (χ0v) is 24.8. The third-order valence-electron chi connectivity index (χ3n) is 7.63. The van der Waals surface area contributed by atoms with E-state index in [1.165, 1.54) is 0 Å². The number of fused-ring (bicyclic) bond motifs is 1. The van der Waals surface area contributed by atoms with Gasteiger partial charge in [-0.3, -0.25) is 4.57 Å². The van der Waals surface area contributed by atoms with Crippen molar-refractivity contribution in [3.63, 3.8) is 0 Å². The van der Waals surface area contributed by atoms with Gasteiger partial charge in [0, 0.05) is 0 Å². The van der Waals surface area contributed by atoms with Gasteiger partial charge < -0.3 is 24.4 Å². The van der Waals surface area contributed by atoms with Crippen LogP contribution in [0, 0.1) is 0 Å². The number of hydrogen-bond acceptors (Lipinski definition) is 8. The van der Waals surface area contributed by atoms with Crippen molar-refractivity contribution >= 4 is 45.3 Å². The standard InChI is InChI=1S/C22H40ClN5O4Si2/c1-21(2,3)33(7,8)30-11-13-15(29)16(32-34(9,10)22(4,5)6)19(31-13)28-12-25-14-17(23)26-20(24)27-18(14)28/h12-13,15-16,19,29H,11H2,1-10H3,(H2,24,26,27)/t13-,15-,16-,19-/m1/s1. The lowest BCUT2D eigenvalue weighted by Crippen LogP contribution is -2.49. The van der Waals surface area contributed by atoms with E-state index in [0.717, 1.165) is 0 Å². The fourth-order valence-corrected chi connectivity index (χ4v) is 5.84. The first-order valence-electron chi connectivity index (χ1n) is 11.7. The summed E-state index contributed by atoms with van der Waals surface area (Å²) in [6.07, 6.45) is -1.19. The smallest absolute Gasteiger partial charge is 0.223 e. The Hall–Kier alpha value is -1.09. The highest BCUT2D eigenvalue weighted by Gasteiger charge is 2.51. The maximum absolute atomic E-state index is 11.4. The number of aromatic nitrogens is 4. The molecule has 3 heterocycles. The molecule has 0 spiro atoms. The largest absolute Gasteiger partial charge is 0.414 e. The van der Waals surface area contributed by atoms with E-state index in [1.807, 2.05) is 0 Å². The topological polar surface area (TPSA) is 118 Å². The molecule has 4 atom stereocenters. The Kier molecular flexibility index (Phi) is 7.35. The molecule has 0 aromatic carbocycles. The van der Waals surface area contributed by atoms with Crippen molar-refractivity contribution in [1.82, 2.24) is 19.5 Å². The molecule has 2 aromatic rings. The zero-order chi connectivity index (χ0) is 25.9. The highest BCUT2D eigenvalue weighted by Crippen LogP contribution is 2.43. The molecule has 0 saturated carbocycles. The Morgan fingerprint density at radius 2 is 1.68 bits per heavy atom. The Bertz CT molecular complexity index is 1030. The molecule has 0 unspecified atom stereocenters. The minimum atomic E-state index is -2.26. The molecule has 9 nitrogen and oxygen atoms in total. The fourth-order valence-electron chi connectivity index (χ4n) is 3.31. The first-order chi connectivity index (χ1) is 15.4. The number of aliphatic hydroxyl groups is 1. The molecule has 192 valence electrons. The Labute approximate surface area is 209 Å². The van der Waals surface area contributed by atoms with Crippen molar-refractivity contribution in [2.24, 2.45) is 0 Å². The van der Waals surface area contributed by atoms with E-state index in [2.05, 4.69) is 82.7 Å². The number of nitrogens with zero attached hydrogens (tertiary/aromatic N) is 4. The number of halogens is 1. The quantitative estimate of drug-likeness (QED) is 0.407. The van der Waals surface area contributed by atoms with Crippen molar-refractivity contribution < 1.29 is 18.7 Å². The van der Waals surface area contributed by atoms with Crippen molar-refractivity contribution in [3.8, 4) is 0 Å². The third kappa shape index (κ3) is 5.20. The predicted molar refractivity (Wildman–Crippen MR) is 140 cm³/mol. The summed E-state index contributed by atoms with van der Waals surface area (Å²) in [5, 5.41) is 11.6. The summed E-state index contributed by atoms with van der Waals surface area (Å²) in [5.41, 5.74) is 6.71. The van der Waals surface area contributed by atoms with Gasteiger partial charge in [0.25, 0.3) is 0 Å².